The molecule has 10 heavy (non-hydrogen) atoms. The first-order chi connectivity index (χ1) is 4.70. The highest BCUT2D eigenvalue weighted by molar-refractivity contribution is 6.61. The first-order valence-corrected chi connectivity index (χ1v) is 3.37. The molecule has 0 atom stereocenters. The van der Waals surface area contributed by atoms with Crippen LogP contribution in [0, 0.1) is 12.3 Å². The number of hydrogen-bond acceptors (Lipinski definition) is 1. The maximum atomic E-state index is 5.18. The first kappa shape index (κ1) is 9.03. The normalized spacial score (nSPS) is 11.6. The Morgan fingerprint density at radius 3 is 2.50 bits per heavy atom. The molecule has 0 saturated carbocycles. The van der Waals surface area contributed by atoms with Gasteiger partial charge in [0, 0.05) is 6.21 Å². The van der Waals surface area contributed by atoms with Crippen LogP contribution >= 0.6 is 0 Å². The van der Waals surface area contributed by atoms with Crippen molar-refractivity contribution in [3.05, 3.63) is 11.7 Å². The molecule has 0 aromatic heterocycles. The SMILES string of the molecule is C#C/C(=C/B(C)C)N=CC. The van der Waals surface area contributed by atoms with Gasteiger partial charge in [0.25, 0.3) is 0 Å². The largest absolute Gasteiger partial charge is 0.254 e. The van der Waals surface area contributed by atoms with E-state index in [0.717, 1.165) is 5.70 Å². The Bertz CT molecular complexity index is 184. The highest BCUT2D eigenvalue weighted by atomic mass is 14.7. The van der Waals surface area contributed by atoms with Crippen LogP contribution in [-0.2, 0) is 0 Å². The number of terminal acetylenes is 1. The van der Waals surface area contributed by atoms with Crippen molar-refractivity contribution in [2.45, 2.75) is 20.6 Å². The number of aliphatic imine (C=N–C) groups is 1. The molecule has 2 heteroatoms. The minimum absolute atomic E-state index is 0.467. The highest BCUT2D eigenvalue weighted by Gasteiger charge is 1.93. The summed E-state index contributed by atoms with van der Waals surface area (Å²) in [7, 11) is 0. The predicted octanol–water partition coefficient (Wildman–Crippen LogP) is 1.89. The van der Waals surface area contributed by atoms with Crippen LogP contribution in [0.5, 0.6) is 0 Å². The van der Waals surface area contributed by atoms with Crippen LogP contribution in [0.1, 0.15) is 6.92 Å². The molecular weight excluding hydrogens is 121 g/mol. The quantitative estimate of drug-likeness (QED) is 0.310. The zero-order valence-corrected chi connectivity index (χ0v) is 6.76. The van der Waals surface area contributed by atoms with Crippen molar-refractivity contribution in [3.63, 3.8) is 0 Å². The summed E-state index contributed by atoms with van der Waals surface area (Å²) in [5, 5.41) is 0. The molecule has 0 radical (unpaired) electrons. The van der Waals surface area contributed by atoms with Gasteiger partial charge in [-0.05, 0) is 6.92 Å². The molecule has 0 N–H and O–H groups in total. The Hall–Kier alpha value is -0.965. The van der Waals surface area contributed by atoms with Crippen molar-refractivity contribution >= 4 is 12.9 Å². The molecule has 0 rings (SSSR count). The molecule has 0 unspecified atom stereocenters. The molecule has 52 valence electrons. The van der Waals surface area contributed by atoms with E-state index in [1.807, 2.05) is 12.9 Å². The van der Waals surface area contributed by atoms with Gasteiger partial charge in [0.05, 0.1) is 5.70 Å². The summed E-state index contributed by atoms with van der Waals surface area (Å²) in [6.07, 6.45) is 6.88. The molecular formula is C8H12BN. The molecule has 0 heterocycles. The summed E-state index contributed by atoms with van der Waals surface area (Å²) in [4.78, 5) is 3.98. The van der Waals surface area contributed by atoms with Gasteiger partial charge in [-0.3, -0.25) is 4.99 Å². The van der Waals surface area contributed by atoms with Crippen LogP contribution in [0.4, 0.5) is 0 Å². The summed E-state index contributed by atoms with van der Waals surface area (Å²) in [6.45, 7) is 6.46. The Morgan fingerprint density at radius 1 is 1.60 bits per heavy atom. The minimum Gasteiger partial charge on any atom is -0.254 e. The lowest BCUT2D eigenvalue weighted by Gasteiger charge is -1.90. The van der Waals surface area contributed by atoms with Gasteiger partial charge < -0.3 is 0 Å². The van der Waals surface area contributed by atoms with E-state index in [9.17, 15) is 0 Å². The van der Waals surface area contributed by atoms with Gasteiger partial charge in [-0.25, -0.2) is 0 Å². The van der Waals surface area contributed by atoms with Crippen LogP contribution in [0.25, 0.3) is 0 Å². The fraction of sp³-hybridized carbons (Fsp3) is 0.375. The number of nitrogens with zero attached hydrogens (tertiary/aromatic N) is 1. The Labute approximate surface area is 63.3 Å². The second kappa shape index (κ2) is 4.87. The predicted molar refractivity (Wildman–Crippen MR) is 48.6 cm³/mol. The third kappa shape index (κ3) is 3.97. The molecule has 0 fully saturated rings. The summed E-state index contributed by atoms with van der Waals surface area (Å²) in [5.41, 5.74) is 0.720. The third-order valence-electron chi connectivity index (χ3n) is 0.907. The smallest absolute Gasteiger partial charge is 0.163 e. The molecule has 1 nitrogen and oxygen atoms in total. The number of allylic oxidation sites excluding steroid dienone is 1. The van der Waals surface area contributed by atoms with E-state index in [2.05, 4.69) is 24.6 Å². The zero-order chi connectivity index (χ0) is 7.98. The van der Waals surface area contributed by atoms with Gasteiger partial charge in [-0.1, -0.05) is 25.5 Å². The van der Waals surface area contributed by atoms with Gasteiger partial charge in [-0.2, -0.15) is 0 Å². The molecule has 0 amide bonds. The van der Waals surface area contributed by atoms with Crippen molar-refractivity contribution in [1.29, 1.82) is 0 Å². The van der Waals surface area contributed by atoms with Crippen LogP contribution < -0.4 is 0 Å². The molecule has 0 bridgehead atoms. The highest BCUT2D eigenvalue weighted by Crippen LogP contribution is 1.95. The summed E-state index contributed by atoms with van der Waals surface area (Å²) >= 11 is 0. The van der Waals surface area contributed by atoms with Crippen molar-refractivity contribution in [2.75, 3.05) is 0 Å². The molecule has 0 saturated heterocycles. The van der Waals surface area contributed by atoms with Gasteiger partial charge in [0.2, 0.25) is 0 Å². The summed E-state index contributed by atoms with van der Waals surface area (Å²) in [6, 6.07) is 0. The van der Waals surface area contributed by atoms with Crippen molar-refractivity contribution in [3.8, 4) is 12.3 Å². The van der Waals surface area contributed by atoms with E-state index in [-0.39, 0.29) is 0 Å². The number of rotatable bonds is 2. The monoisotopic (exact) mass is 133 g/mol. The van der Waals surface area contributed by atoms with Crippen LogP contribution in [0.15, 0.2) is 16.7 Å². The molecule has 0 aliphatic rings. The van der Waals surface area contributed by atoms with E-state index in [4.69, 9.17) is 6.42 Å². The maximum absolute atomic E-state index is 5.18. The first-order valence-electron chi connectivity index (χ1n) is 3.37. The lowest BCUT2D eigenvalue weighted by atomic mass is 9.55. The lowest BCUT2D eigenvalue weighted by Crippen LogP contribution is -1.94. The molecule has 0 aromatic rings. The number of hydrogen-bond donors (Lipinski definition) is 0. The van der Waals surface area contributed by atoms with Gasteiger partial charge in [0.1, 0.15) is 0 Å². The van der Waals surface area contributed by atoms with Crippen LogP contribution in [0.3, 0.4) is 0 Å². The van der Waals surface area contributed by atoms with E-state index < -0.39 is 0 Å². The van der Waals surface area contributed by atoms with E-state index in [1.54, 1.807) is 6.21 Å². The minimum atomic E-state index is 0.467. The maximum Gasteiger partial charge on any atom is 0.163 e. The molecule has 0 aliphatic heterocycles. The fourth-order valence-corrected chi connectivity index (χ4v) is 0.583. The Morgan fingerprint density at radius 2 is 2.20 bits per heavy atom. The van der Waals surface area contributed by atoms with E-state index in [0.29, 0.717) is 6.71 Å². The molecule has 0 spiro atoms. The van der Waals surface area contributed by atoms with Crippen molar-refractivity contribution in [1.82, 2.24) is 0 Å². The zero-order valence-electron chi connectivity index (χ0n) is 6.76. The fourth-order valence-electron chi connectivity index (χ4n) is 0.583. The second-order valence-corrected chi connectivity index (χ2v) is 2.33. The Balaban J connectivity index is 4.23. The van der Waals surface area contributed by atoms with Gasteiger partial charge in [-0.15, -0.1) is 6.42 Å². The second-order valence-electron chi connectivity index (χ2n) is 2.33. The van der Waals surface area contributed by atoms with Crippen molar-refractivity contribution in [2.24, 2.45) is 4.99 Å². The topological polar surface area (TPSA) is 12.4 Å². The van der Waals surface area contributed by atoms with Crippen molar-refractivity contribution < 1.29 is 0 Å². The average Bonchev–Trinajstić information content (AvgIpc) is 1.86. The summed E-state index contributed by atoms with van der Waals surface area (Å²) in [5.74, 6) is 4.46. The van der Waals surface area contributed by atoms with Crippen LogP contribution in [-0.4, -0.2) is 12.9 Å². The molecule has 0 aromatic carbocycles. The standard InChI is InChI=1S/C8H12BN/c1-5-8(10-6-2)7-9(3)4/h1,6-7H,2-4H3/b8-7-,10-6?. The average molecular weight is 133 g/mol. The Kier molecular flexibility index (Phi) is 4.40. The van der Waals surface area contributed by atoms with Gasteiger partial charge in [0.15, 0.2) is 6.71 Å². The van der Waals surface area contributed by atoms with Gasteiger partial charge >= 0.3 is 0 Å². The third-order valence-corrected chi connectivity index (χ3v) is 0.907. The lowest BCUT2D eigenvalue weighted by molar-refractivity contribution is 1.47. The molecule has 0 aliphatic carbocycles. The summed E-state index contributed by atoms with van der Waals surface area (Å²) < 4.78 is 0. The van der Waals surface area contributed by atoms with E-state index >= 15 is 0 Å². The van der Waals surface area contributed by atoms with E-state index in [1.165, 1.54) is 0 Å². The van der Waals surface area contributed by atoms with Crippen LogP contribution in [0.2, 0.25) is 13.6 Å².